The van der Waals surface area contributed by atoms with E-state index in [0.717, 1.165) is 48.5 Å². The number of carbonyl (C=O) groups is 1. The number of aryl methyl sites for hydroxylation is 1. The summed E-state index contributed by atoms with van der Waals surface area (Å²) in [6, 6.07) is 9.70. The lowest BCUT2D eigenvalue weighted by molar-refractivity contribution is 0.0341. The van der Waals surface area contributed by atoms with Crippen molar-refractivity contribution in [3.8, 4) is 5.88 Å². The molecule has 0 unspecified atom stereocenters. The van der Waals surface area contributed by atoms with E-state index in [9.17, 15) is 4.79 Å². The van der Waals surface area contributed by atoms with Crippen molar-refractivity contribution in [2.45, 2.75) is 38.6 Å². The van der Waals surface area contributed by atoms with Gasteiger partial charge in [0.2, 0.25) is 5.88 Å². The smallest absolute Gasteiger partial charge is 0.256 e. The number of nitrogens with zero attached hydrogens (tertiary/aromatic N) is 3. The van der Waals surface area contributed by atoms with E-state index in [4.69, 9.17) is 10.1 Å². The van der Waals surface area contributed by atoms with Crippen LogP contribution in [0.25, 0.3) is 0 Å². The topological polar surface area (TPSA) is 90.7 Å². The number of hydrogen-bond acceptors (Lipinski definition) is 6. The SMILES string of the molecule is Cc1ccc(N/N=C\C=N)c(C(=O)N2CCC[C@@H](COc3ccc(Br)cn3)[C@@H]2C2CC2)c1. The molecule has 0 radical (unpaired) electrons. The van der Waals surface area contributed by atoms with Gasteiger partial charge in [-0.2, -0.15) is 5.10 Å². The molecule has 2 N–H and O–H groups in total. The number of likely N-dealkylation sites (tertiary alicyclic amines) is 1. The van der Waals surface area contributed by atoms with E-state index < -0.39 is 0 Å². The normalized spacial score (nSPS) is 20.9. The number of amides is 1. The number of ether oxygens (including phenoxy) is 1. The van der Waals surface area contributed by atoms with Crippen molar-refractivity contribution in [3.05, 3.63) is 52.1 Å². The van der Waals surface area contributed by atoms with E-state index in [1.165, 1.54) is 6.21 Å². The van der Waals surface area contributed by atoms with Crippen LogP contribution in [-0.2, 0) is 0 Å². The largest absolute Gasteiger partial charge is 0.477 e. The highest BCUT2D eigenvalue weighted by Crippen LogP contribution is 2.43. The summed E-state index contributed by atoms with van der Waals surface area (Å²) >= 11 is 3.40. The fraction of sp³-hybridized carbons (Fsp3) is 0.417. The molecule has 1 aliphatic heterocycles. The number of anilines is 1. The van der Waals surface area contributed by atoms with Gasteiger partial charge in [0, 0.05) is 41.5 Å². The van der Waals surface area contributed by atoms with Crippen LogP contribution in [0.3, 0.4) is 0 Å². The highest BCUT2D eigenvalue weighted by Gasteiger charge is 2.44. The van der Waals surface area contributed by atoms with Crippen molar-refractivity contribution in [1.82, 2.24) is 9.88 Å². The Morgan fingerprint density at radius 1 is 1.34 bits per heavy atom. The van der Waals surface area contributed by atoms with Crippen LogP contribution < -0.4 is 10.2 Å². The highest BCUT2D eigenvalue weighted by atomic mass is 79.9. The Hall–Kier alpha value is -2.74. The summed E-state index contributed by atoms with van der Waals surface area (Å²) in [5, 5.41) is 11.1. The van der Waals surface area contributed by atoms with Gasteiger partial charge in [-0.25, -0.2) is 4.98 Å². The molecule has 1 aromatic heterocycles. The van der Waals surface area contributed by atoms with E-state index in [-0.39, 0.29) is 17.9 Å². The molecule has 2 fully saturated rings. The van der Waals surface area contributed by atoms with E-state index in [1.54, 1.807) is 6.20 Å². The molecule has 0 spiro atoms. The number of aromatic nitrogens is 1. The number of benzene rings is 1. The number of hydrazone groups is 1. The third-order valence-corrected chi connectivity index (χ3v) is 6.54. The van der Waals surface area contributed by atoms with Crippen LogP contribution in [0.15, 0.2) is 46.1 Å². The molecule has 2 atom stereocenters. The summed E-state index contributed by atoms with van der Waals surface area (Å²) in [5.74, 6) is 1.45. The van der Waals surface area contributed by atoms with Gasteiger partial charge in [-0.05, 0) is 72.7 Å². The summed E-state index contributed by atoms with van der Waals surface area (Å²) in [6.45, 7) is 3.30. The Bertz CT molecular complexity index is 990. The maximum atomic E-state index is 13.7. The number of piperidine rings is 1. The second-order valence-electron chi connectivity index (χ2n) is 8.46. The summed E-state index contributed by atoms with van der Waals surface area (Å²) in [7, 11) is 0. The fourth-order valence-corrected chi connectivity index (χ4v) is 4.70. The summed E-state index contributed by atoms with van der Waals surface area (Å²) in [5.41, 5.74) is 5.22. The molecule has 32 heavy (non-hydrogen) atoms. The molecule has 7 nitrogen and oxygen atoms in total. The monoisotopic (exact) mass is 497 g/mol. The predicted molar refractivity (Wildman–Crippen MR) is 130 cm³/mol. The minimum absolute atomic E-state index is 0.0321. The highest BCUT2D eigenvalue weighted by molar-refractivity contribution is 9.10. The second-order valence-corrected chi connectivity index (χ2v) is 9.38. The van der Waals surface area contributed by atoms with Gasteiger partial charge in [0.25, 0.3) is 5.91 Å². The minimum atomic E-state index is 0.0321. The zero-order valence-electron chi connectivity index (χ0n) is 18.1. The third-order valence-electron chi connectivity index (χ3n) is 6.07. The Morgan fingerprint density at radius 2 is 2.19 bits per heavy atom. The summed E-state index contributed by atoms with van der Waals surface area (Å²) in [4.78, 5) is 20.1. The molecule has 8 heteroatoms. The number of carbonyl (C=O) groups excluding carboxylic acids is 1. The number of hydrogen-bond donors (Lipinski definition) is 2. The number of rotatable bonds is 8. The Labute approximate surface area is 196 Å². The Kier molecular flexibility index (Phi) is 7.19. The zero-order valence-corrected chi connectivity index (χ0v) is 19.7. The standard InChI is InChI=1S/C24H28BrN5O2/c1-16-4-8-21(29-28-11-10-26)20(13-16)24(31)30-12-2-3-18(23(30)17-5-6-17)15-32-22-9-7-19(25)14-27-22/h4,7-11,13-14,17-18,23,26,29H,2-3,5-6,12,15H2,1H3/b26-10?,28-11-/t18-,23-/m0/s1. The average molecular weight is 498 g/mol. The molecule has 2 aliphatic rings. The van der Waals surface area contributed by atoms with Crippen molar-refractivity contribution in [1.29, 1.82) is 5.41 Å². The minimum Gasteiger partial charge on any atom is -0.477 e. The van der Waals surface area contributed by atoms with Crippen molar-refractivity contribution in [2.24, 2.45) is 16.9 Å². The van der Waals surface area contributed by atoms with Gasteiger partial charge >= 0.3 is 0 Å². The lowest BCUT2D eigenvalue weighted by Gasteiger charge is -2.42. The molecule has 1 aromatic carbocycles. The van der Waals surface area contributed by atoms with Gasteiger partial charge < -0.3 is 15.0 Å². The van der Waals surface area contributed by atoms with Crippen LogP contribution in [0.4, 0.5) is 5.69 Å². The number of nitrogens with one attached hydrogen (secondary N) is 2. The van der Waals surface area contributed by atoms with Crippen LogP contribution in [-0.4, -0.2) is 47.4 Å². The van der Waals surface area contributed by atoms with Crippen LogP contribution >= 0.6 is 15.9 Å². The first-order valence-corrected chi connectivity index (χ1v) is 11.8. The molecule has 2 aromatic rings. The van der Waals surface area contributed by atoms with E-state index in [0.29, 0.717) is 29.7 Å². The predicted octanol–water partition coefficient (Wildman–Crippen LogP) is 4.91. The van der Waals surface area contributed by atoms with Gasteiger partial charge in [0.15, 0.2) is 0 Å². The lowest BCUT2D eigenvalue weighted by atomic mass is 9.86. The quantitative estimate of drug-likeness (QED) is 0.400. The molecule has 2 heterocycles. The van der Waals surface area contributed by atoms with Gasteiger partial charge in [0.05, 0.1) is 24.1 Å². The van der Waals surface area contributed by atoms with Crippen LogP contribution in [0, 0.1) is 24.2 Å². The first-order valence-electron chi connectivity index (χ1n) is 11.0. The van der Waals surface area contributed by atoms with Crippen molar-refractivity contribution >= 4 is 40.0 Å². The summed E-state index contributed by atoms with van der Waals surface area (Å²) < 4.78 is 6.95. The van der Waals surface area contributed by atoms with Crippen molar-refractivity contribution in [2.75, 3.05) is 18.6 Å². The Morgan fingerprint density at radius 3 is 2.91 bits per heavy atom. The van der Waals surface area contributed by atoms with Gasteiger partial charge in [-0.3, -0.25) is 10.2 Å². The molecule has 1 aliphatic carbocycles. The third kappa shape index (κ3) is 5.35. The van der Waals surface area contributed by atoms with Gasteiger partial charge in [-0.1, -0.05) is 11.6 Å². The fourth-order valence-electron chi connectivity index (χ4n) is 4.47. The first-order chi connectivity index (χ1) is 15.6. The lowest BCUT2D eigenvalue weighted by Crippen LogP contribution is -2.51. The number of halogens is 1. The zero-order chi connectivity index (χ0) is 22.5. The molecular formula is C24H28BrN5O2. The molecule has 4 rings (SSSR count). The number of pyridine rings is 1. The Balaban J connectivity index is 1.53. The van der Waals surface area contributed by atoms with Gasteiger partial charge in [0.1, 0.15) is 0 Å². The van der Waals surface area contributed by atoms with Crippen molar-refractivity contribution < 1.29 is 9.53 Å². The molecule has 168 valence electrons. The molecule has 1 saturated carbocycles. The first kappa shape index (κ1) is 22.5. The van der Waals surface area contributed by atoms with Gasteiger partial charge in [-0.15, -0.1) is 0 Å². The van der Waals surface area contributed by atoms with Crippen LogP contribution in [0.2, 0.25) is 0 Å². The van der Waals surface area contributed by atoms with E-state index >= 15 is 0 Å². The van der Waals surface area contributed by atoms with Crippen LogP contribution in [0.1, 0.15) is 41.6 Å². The maximum absolute atomic E-state index is 13.7. The van der Waals surface area contributed by atoms with Crippen LogP contribution in [0.5, 0.6) is 5.88 Å². The van der Waals surface area contributed by atoms with Crippen molar-refractivity contribution in [3.63, 3.8) is 0 Å². The summed E-state index contributed by atoms with van der Waals surface area (Å²) in [6.07, 6.45) is 8.50. The molecule has 1 saturated heterocycles. The average Bonchev–Trinajstić information content (AvgIpc) is 3.64. The molecular weight excluding hydrogens is 470 g/mol. The maximum Gasteiger partial charge on any atom is 0.256 e. The molecule has 0 bridgehead atoms. The van der Waals surface area contributed by atoms with E-state index in [2.05, 4.69) is 36.3 Å². The molecule has 1 amide bonds. The second kappa shape index (κ2) is 10.3. The van der Waals surface area contributed by atoms with E-state index in [1.807, 2.05) is 37.3 Å².